The molecule has 0 atom stereocenters. The lowest BCUT2D eigenvalue weighted by atomic mass is 9.98. The molecule has 0 heterocycles. The summed E-state index contributed by atoms with van der Waals surface area (Å²) in [6.45, 7) is 6.56. The van der Waals surface area contributed by atoms with Gasteiger partial charge in [-0.2, -0.15) is 0 Å². The summed E-state index contributed by atoms with van der Waals surface area (Å²) in [4.78, 5) is 0. The van der Waals surface area contributed by atoms with Gasteiger partial charge in [-0.15, -0.1) is 0 Å². The molecule has 18 heavy (non-hydrogen) atoms. The molecule has 1 aromatic rings. The minimum atomic E-state index is -0.413. The van der Waals surface area contributed by atoms with Gasteiger partial charge < -0.3 is 15.8 Å². The van der Waals surface area contributed by atoms with Crippen molar-refractivity contribution in [2.45, 2.75) is 39.2 Å². The van der Waals surface area contributed by atoms with Crippen molar-refractivity contribution < 1.29 is 9.13 Å². The smallest absolute Gasteiger partial charge is 0.167 e. The molecular formula is C14H21FN2O. The maximum Gasteiger partial charge on any atom is 0.167 e. The van der Waals surface area contributed by atoms with Crippen LogP contribution in [0.4, 0.5) is 15.8 Å². The molecule has 100 valence electrons. The topological polar surface area (TPSA) is 47.3 Å². The summed E-state index contributed by atoms with van der Waals surface area (Å²) in [7, 11) is 0. The molecule has 0 bridgehead atoms. The monoisotopic (exact) mass is 252 g/mol. The number of hydrogen-bond acceptors (Lipinski definition) is 3. The number of nitrogens with one attached hydrogen (secondary N) is 1. The zero-order chi connectivity index (χ0) is 13.3. The standard InChI is InChI=1S/C14H21FN2O/c1-4-18-13-8-12(11(16)7-10(13)15)17-14(2,3)9-5-6-9/h7-9,17H,4-6,16H2,1-3H3. The highest BCUT2D eigenvalue weighted by molar-refractivity contribution is 5.69. The van der Waals surface area contributed by atoms with E-state index in [0.29, 0.717) is 18.2 Å². The Labute approximate surface area is 108 Å². The predicted molar refractivity (Wildman–Crippen MR) is 72.4 cm³/mol. The van der Waals surface area contributed by atoms with E-state index in [1.54, 1.807) is 6.07 Å². The van der Waals surface area contributed by atoms with Gasteiger partial charge in [-0.05, 0) is 39.5 Å². The van der Waals surface area contributed by atoms with Gasteiger partial charge in [-0.3, -0.25) is 0 Å². The fourth-order valence-corrected chi connectivity index (χ4v) is 2.20. The Morgan fingerprint density at radius 1 is 1.44 bits per heavy atom. The summed E-state index contributed by atoms with van der Waals surface area (Å²) < 4.78 is 18.8. The van der Waals surface area contributed by atoms with Gasteiger partial charge in [0.15, 0.2) is 11.6 Å². The first-order valence-corrected chi connectivity index (χ1v) is 6.44. The Kier molecular flexibility index (Phi) is 3.37. The van der Waals surface area contributed by atoms with E-state index in [2.05, 4.69) is 19.2 Å². The van der Waals surface area contributed by atoms with Crippen LogP contribution in [-0.4, -0.2) is 12.1 Å². The van der Waals surface area contributed by atoms with Crippen molar-refractivity contribution in [2.24, 2.45) is 5.92 Å². The molecule has 0 amide bonds. The van der Waals surface area contributed by atoms with Crippen molar-refractivity contribution in [1.29, 1.82) is 0 Å². The second-order valence-electron chi connectivity index (χ2n) is 5.42. The summed E-state index contributed by atoms with van der Waals surface area (Å²) in [5, 5.41) is 3.40. The van der Waals surface area contributed by atoms with Crippen LogP contribution >= 0.6 is 0 Å². The molecular weight excluding hydrogens is 231 g/mol. The van der Waals surface area contributed by atoms with Gasteiger partial charge in [-0.1, -0.05) is 0 Å². The molecule has 3 N–H and O–H groups in total. The molecule has 0 spiro atoms. The third kappa shape index (κ3) is 2.68. The predicted octanol–water partition coefficient (Wildman–Crippen LogP) is 3.41. The van der Waals surface area contributed by atoms with Crippen molar-refractivity contribution in [2.75, 3.05) is 17.7 Å². The second kappa shape index (κ2) is 4.67. The Hall–Kier alpha value is -1.45. The highest BCUT2D eigenvalue weighted by Gasteiger charge is 2.38. The maximum atomic E-state index is 13.6. The summed E-state index contributed by atoms with van der Waals surface area (Å²) >= 11 is 0. The number of anilines is 2. The van der Waals surface area contributed by atoms with Crippen LogP contribution < -0.4 is 15.8 Å². The van der Waals surface area contributed by atoms with Gasteiger partial charge in [0.2, 0.25) is 0 Å². The third-order valence-corrected chi connectivity index (χ3v) is 3.46. The van der Waals surface area contributed by atoms with Crippen molar-refractivity contribution in [3.8, 4) is 5.75 Å². The first kappa shape index (κ1) is 13.0. The van der Waals surface area contributed by atoms with Crippen molar-refractivity contribution >= 4 is 11.4 Å². The normalized spacial score (nSPS) is 15.6. The number of ether oxygens (including phenoxy) is 1. The van der Waals surface area contributed by atoms with Crippen molar-refractivity contribution in [1.82, 2.24) is 0 Å². The molecule has 0 saturated heterocycles. The molecule has 1 saturated carbocycles. The van der Waals surface area contributed by atoms with Crippen LogP contribution in [0.1, 0.15) is 33.6 Å². The molecule has 0 unspecified atom stereocenters. The average Bonchev–Trinajstić information content (AvgIpc) is 3.08. The van der Waals surface area contributed by atoms with Crippen molar-refractivity contribution in [3.63, 3.8) is 0 Å². The molecule has 3 nitrogen and oxygen atoms in total. The van der Waals surface area contributed by atoms with Gasteiger partial charge in [-0.25, -0.2) is 4.39 Å². The molecule has 2 rings (SSSR count). The molecule has 0 aromatic heterocycles. The van der Waals surface area contributed by atoms with Crippen LogP contribution in [0.25, 0.3) is 0 Å². The number of benzene rings is 1. The molecule has 0 radical (unpaired) electrons. The van der Waals surface area contributed by atoms with Crippen LogP contribution in [0.5, 0.6) is 5.75 Å². The van der Waals surface area contributed by atoms with E-state index in [1.165, 1.54) is 18.9 Å². The largest absolute Gasteiger partial charge is 0.491 e. The molecule has 0 aliphatic heterocycles. The number of halogens is 1. The molecule has 1 aliphatic carbocycles. The summed E-state index contributed by atoms with van der Waals surface area (Å²) in [6.07, 6.45) is 2.47. The summed E-state index contributed by atoms with van der Waals surface area (Å²) in [5.41, 5.74) is 7.01. The lowest BCUT2D eigenvalue weighted by Gasteiger charge is -2.28. The van der Waals surface area contributed by atoms with E-state index >= 15 is 0 Å². The number of rotatable bonds is 5. The maximum absolute atomic E-state index is 13.6. The van der Waals surface area contributed by atoms with Gasteiger partial charge >= 0.3 is 0 Å². The van der Waals surface area contributed by atoms with Gasteiger partial charge in [0.05, 0.1) is 18.0 Å². The van der Waals surface area contributed by atoms with E-state index in [4.69, 9.17) is 10.5 Å². The SMILES string of the molecule is CCOc1cc(NC(C)(C)C2CC2)c(N)cc1F. The second-order valence-corrected chi connectivity index (χ2v) is 5.42. The quantitative estimate of drug-likeness (QED) is 0.789. The Balaban J connectivity index is 2.23. The highest BCUT2D eigenvalue weighted by atomic mass is 19.1. The summed E-state index contributed by atoms with van der Waals surface area (Å²) in [6, 6.07) is 2.97. The average molecular weight is 252 g/mol. The lowest BCUT2D eigenvalue weighted by molar-refractivity contribution is 0.321. The van der Waals surface area contributed by atoms with Crippen LogP contribution in [0, 0.1) is 11.7 Å². The fourth-order valence-electron chi connectivity index (χ4n) is 2.20. The highest BCUT2D eigenvalue weighted by Crippen LogP contribution is 2.42. The Morgan fingerprint density at radius 3 is 2.67 bits per heavy atom. The first-order chi connectivity index (χ1) is 8.44. The Morgan fingerprint density at radius 2 is 2.11 bits per heavy atom. The zero-order valence-electron chi connectivity index (χ0n) is 11.2. The van der Waals surface area contributed by atoms with Gasteiger partial charge in [0.1, 0.15) is 0 Å². The van der Waals surface area contributed by atoms with Crippen LogP contribution in [0.2, 0.25) is 0 Å². The van der Waals surface area contributed by atoms with Gasteiger partial charge in [0, 0.05) is 17.7 Å². The number of nitrogen functional groups attached to an aromatic ring is 1. The van der Waals surface area contributed by atoms with Gasteiger partial charge in [0.25, 0.3) is 0 Å². The van der Waals surface area contributed by atoms with E-state index in [0.717, 1.165) is 5.69 Å². The van der Waals surface area contributed by atoms with Crippen LogP contribution in [-0.2, 0) is 0 Å². The number of hydrogen-bond donors (Lipinski definition) is 2. The third-order valence-electron chi connectivity index (χ3n) is 3.46. The van der Waals surface area contributed by atoms with E-state index in [9.17, 15) is 4.39 Å². The van der Waals surface area contributed by atoms with E-state index in [-0.39, 0.29) is 11.3 Å². The molecule has 1 aromatic carbocycles. The fraction of sp³-hybridized carbons (Fsp3) is 0.571. The van der Waals surface area contributed by atoms with Crippen LogP contribution in [0.15, 0.2) is 12.1 Å². The first-order valence-electron chi connectivity index (χ1n) is 6.44. The molecule has 4 heteroatoms. The van der Waals surface area contributed by atoms with Crippen LogP contribution in [0.3, 0.4) is 0 Å². The molecule has 1 fully saturated rings. The van der Waals surface area contributed by atoms with Crippen molar-refractivity contribution in [3.05, 3.63) is 17.9 Å². The molecule has 1 aliphatic rings. The lowest BCUT2D eigenvalue weighted by Crippen LogP contribution is -2.33. The summed E-state index contributed by atoms with van der Waals surface area (Å²) in [5.74, 6) is 0.502. The van der Waals surface area contributed by atoms with E-state index < -0.39 is 5.82 Å². The Bertz CT molecular complexity index is 442. The van der Waals surface area contributed by atoms with E-state index in [1.807, 2.05) is 6.92 Å². The number of nitrogens with two attached hydrogens (primary N) is 1. The minimum Gasteiger partial charge on any atom is -0.491 e. The zero-order valence-corrected chi connectivity index (χ0v) is 11.2. The minimum absolute atomic E-state index is 0.0184.